The zero-order chi connectivity index (χ0) is 5.82. The monoisotopic (exact) mass is 131 g/mol. The van der Waals surface area contributed by atoms with Gasteiger partial charge in [-0.15, -0.1) is 0 Å². The molecule has 0 unspecified atom stereocenters. The molecule has 1 rings (SSSR count). The summed E-state index contributed by atoms with van der Waals surface area (Å²) in [7, 11) is 0. The molecular formula is C6H13NS. The van der Waals surface area contributed by atoms with E-state index in [2.05, 4.69) is 24.0 Å². The lowest BCUT2D eigenvalue weighted by Gasteiger charge is -2.20. The van der Waals surface area contributed by atoms with Crippen LogP contribution >= 0.6 is 11.8 Å². The van der Waals surface area contributed by atoms with E-state index in [0.29, 0.717) is 0 Å². The van der Waals surface area contributed by atoms with Gasteiger partial charge in [-0.3, -0.25) is 0 Å². The molecule has 0 aromatic heterocycles. The molecule has 0 aromatic carbocycles. The average Bonchev–Trinajstić information content (AvgIpc) is 1.90. The third kappa shape index (κ3) is 1.67. The lowest BCUT2D eigenvalue weighted by atomic mass is 10.3. The van der Waals surface area contributed by atoms with Crippen molar-refractivity contribution in [2.24, 2.45) is 0 Å². The van der Waals surface area contributed by atoms with Crippen molar-refractivity contribution in [3.05, 3.63) is 0 Å². The van der Waals surface area contributed by atoms with Gasteiger partial charge in [0.25, 0.3) is 0 Å². The van der Waals surface area contributed by atoms with E-state index < -0.39 is 0 Å². The first-order chi connectivity index (χ1) is 3.93. The van der Waals surface area contributed by atoms with Gasteiger partial charge in [-0.1, -0.05) is 6.92 Å². The molecule has 48 valence electrons. The summed E-state index contributed by atoms with van der Waals surface area (Å²) in [6.45, 7) is 4.69. The summed E-state index contributed by atoms with van der Waals surface area (Å²) >= 11 is 2.10. The summed E-state index contributed by atoms with van der Waals surface area (Å²) in [5.41, 5.74) is 0. The SMILES string of the molecule is CC[C@@H]1CNCCS1. The Hall–Kier alpha value is 0.310. The summed E-state index contributed by atoms with van der Waals surface area (Å²) in [4.78, 5) is 0. The Labute approximate surface area is 55.2 Å². The van der Waals surface area contributed by atoms with Gasteiger partial charge in [-0.05, 0) is 6.42 Å². The lowest BCUT2D eigenvalue weighted by Crippen LogP contribution is -2.32. The molecule has 0 amide bonds. The fraction of sp³-hybridized carbons (Fsp3) is 1.00. The van der Waals surface area contributed by atoms with Crippen molar-refractivity contribution in [1.82, 2.24) is 5.32 Å². The normalized spacial score (nSPS) is 30.4. The van der Waals surface area contributed by atoms with Crippen molar-refractivity contribution in [2.45, 2.75) is 18.6 Å². The molecule has 2 heteroatoms. The molecule has 8 heavy (non-hydrogen) atoms. The van der Waals surface area contributed by atoms with Gasteiger partial charge >= 0.3 is 0 Å². The number of nitrogens with one attached hydrogen (secondary N) is 1. The summed E-state index contributed by atoms with van der Waals surface area (Å²) in [5, 5.41) is 4.26. The molecule has 1 aliphatic rings. The van der Waals surface area contributed by atoms with Crippen LogP contribution in [0.3, 0.4) is 0 Å². The Morgan fingerprint density at radius 1 is 1.75 bits per heavy atom. The maximum atomic E-state index is 3.36. The van der Waals surface area contributed by atoms with Crippen LogP contribution in [0.15, 0.2) is 0 Å². The largest absolute Gasteiger partial charge is 0.315 e. The quantitative estimate of drug-likeness (QED) is 0.572. The predicted molar refractivity (Wildman–Crippen MR) is 39.4 cm³/mol. The van der Waals surface area contributed by atoms with E-state index in [1.54, 1.807) is 0 Å². The zero-order valence-electron chi connectivity index (χ0n) is 5.31. The minimum Gasteiger partial charge on any atom is -0.315 e. The van der Waals surface area contributed by atoms with Gasteiger partial charge < -0.3 is 5.32 Å². The number of thioether (sulfide) groups is 1. The van der Waals surface area contributed by atoms with Crippen molar-refractivity contribution in [2.75, 3.05) is 18.8 Å². The highest BCUT2D eigenvalue weighted by Crippen LogP contribution is 2.15. The molecule has 1 N–H and O–H groups in total. The van der Waals surface area contributed by atoms with Crippen molar-refractivity contribution in [3.8, 4) is 0 Å². The first-order valence-electron chi connectivity index (χ1n) is 3.26. The lowest BCUT2D eigenvalue weighted by molar-refractivity contribution is 0.658. The van der Waals surface area contributed by atoms with Crippen LogP contribution in [0, 0.1) is 0 Å². The van der Waals surface area contributed by atoms with E-state index in [9.17, 15) is 0 Å². The van der Waals surface area contributed by atoms with Gasteiger partial charge in [0.2, 0.25) is 0 Å². The maximum absolute atomic E-state index is 3.36. The Bertz CT molecular complexity index is 59.5. The van der Waals surface area contributed by atoms with Crippen molar-refractivity contribution in [1.29, 1.82) is 0 Å². The molecule has 0 radical (unpaired) electrons. The molecular weight excluding hydrogens is 118 g/mol. The maximum Gasteiger partial charge on any atom is 0.0170 e. The van der Waals surface area contributed by atoms with Gasteiger partial charge in [0.1, 0.15) is 0 Å². The first kappa shape index (κ1) is 6.43. The van der Waals surface area contributed by atoms with Crippen molar-refractivity contribution >= 4 is 11.8 Å². The van der Waals surface area contributed by atoms with Crippen LogP contribution in [0.2, 0.25) is 0 Å². The number of rotatable bonds is 1. The summed E-state index contributed by atoms with van der Waals surface area (Å²) in [6, 6.07) is 0. The summed E-state index contributed by atoms with van der Waals surface area (Å²) in [5.74, 6) is 1.30. The Kier molecular flexibility index (Phi) is 2.70. The zero-order valence-corrected chi connectivity index (χ0v) is 6.13. The Morgan fingerprint density at radius 3 is 3.00 bits per heavy atom. The van der Waals surface area contributed by atoms with Gasteiger partial charge in [0, 0.05) is 24.1 Å². The highest BCUT2D eigenvalue weighted by atomic mass is 32.2. The van der Waals surface area contributed by atoms with E-state index in [-0.39, 0.29) is 0 Å². The molecule has 0 saturated carbocycles. The molecule has 0 spiro atoms. The Morgan fingerprint density at radius 2 is 2.62 bits per heavy atom. The molecule has 1 saturated heterocycles. The second kappa shape index (κ2) is 3.36. The van der Waals surface area contributed by atoms with Crippen LogP contribution in [0.25, 0.3) is 0 Å². The summed E-state index contributed by atoms with van der Waals surface area (Å²) in [6.07, 6.45) is 1.32. The minimum absolute atomic E-state index is 0.892. The van der Waals surface area contributed by atoms with Crippen LogP contribution in [-0.2, 0) is 0 Å². The predicted octanol–water partition coefficient (Wildman–Crippen LogP) is 1.10. The van der Waals surface area contributed by atoms with E-state index in [1.807, 2.05) is 0 Å². The van der Waals surface area contributed by atoms with Crippen LogP contribution < -0.4 is 5.32 Å². The van der Waals surface area contributed by atoms with Gasteiger partial charge in [0.05, 0.1) is 0 Å². The molecule has 1 fully saturated rings. The van der Waals surface area contributed by atoms with E-state index in [0.717, 1.165) is 5.25 Å². The fourth-order valence-electron chi connectivity index (χ4n) is 0.882. The molecule has 1 nitrogen and oxygen atoms in total. The smallest absolute Gasteiger partial charge is 0.0170 e. The molecule has 0 aromatic rings. The van der Waals surface area contributed by atoms with Crippen LogP contribution in [0.5, 0.6) is 0 Å². The Balaban J connectivity index is 2.13. The van der Waals surface area contributed by atoms with Gasteiger partial charge in [-0.25, -0.2) is 0 Å². The topological polar surface area (TPSA) is 12.0 Å². The first-order valence-corrected chi connectivity index (χ1v) is 4.30. The van der Waals surface area contributed by atoms with Crippen LogP contribution in [-0.4, -0.2) is 24.1 Å². The molecule has 0 bridgehead atoms. The van der Waals surface area contributed by atoms with Crippen LogP contribution in [0.4, 0.5) is 0 Å². The van der Waals surface area contributed by atoms with E-state index >= 15 is 0 Å². The second-order valence-corrected chi connectivity index (χ2v) is 3.51. The van der Waals surface area contributed by atoms with E-state index in [1.165, 1.54) is 25.3 Å². The van der Waals surface area contributed by atoms with Crippen LogP contribution in [0.1, 0.15) is 13.3 Å². The van der Waals surface area contributed by atoms with Gasteiger partial charge in [0.15, 0.2) is 0 Å². The third-order valence-electron chi connectivity index (χ3n) is 1.46. The second-order valence-electron chi connectivity index (χ2n) is 2.11. The number of hydrogen-bond donors (Lipinski definition) is 1. The van der Waals surface area contributed by atoms with Crippen molar-refractivity contribution < 1.29 is 0 Å². The third-order valence-corrected chi connectivity index (χ3v) is 2.87. The standard InChI is InChI=1S/C6H13NS/c1-2-6-5-7-3-4-8-6/h6-7H,2-5H2,1H3/t6-/m1/s1. The van der Waals surface area contributed by atoms with Crippen molar-refractivity contribution in [3.63, 3.8) is 0 Å². The average molecular weight is 131 g/mol. The minimum atomic E-state index is 0.892. The van der Waals surface area contributed by atoms with Gasteiger partial charge in [-0.2, -0.15) is 11.8 Å². The molecule has 0 aliphatic carbocycles. The number of hydrogen-bond acceptors (Lipinski definition) is 2. The highest BCUT2D eigenvalue weighted by Gasteiger charge is 2.09. The highest BCUT2D eigenvalue weighted by molar-refractivity contribution is 8.00. The molecule has 1 aliphatic heterocycles. The fourth-order valence-corrected chi connectivity index (χ4v) is 1.95. The molecule has 1 atom stereocenters. The summed E-state index contributed by atoms with van der Waals surface area (Å²) < 4.78 is 0. The van der Waals surface area contributed by atoms with E-state index in [4.69, 9.17) is 0 Å². The molecule has 1 heterocycles.